The van der Waals surface area contributed by atoms with E-state index in [-0.39, 0.29) is 5.60 Å². The molecule has 3 rings (SSSR count). The van der Waals surface area contributed by atoms with Gasteiger partial charge < -0.3 is 4.74 Å². The normalized spacial score (nSPS) is 25.5. The molecule has 2 aliphatic rings. The molecule has 1 spiro atoms. The second-order valence-electron chi connectivity index (χ2n) is 6.72. The number of hydrogen-bond donors (Lipinski definition) is 0. The first-order chi connectivity index (χ1) is 10.2. The minimum atomic E-state index is 0.273. The van der Waals surface area contributed by atoms with Gasteiger partial charge in [-0.15, -0.1) is 0 Å². The summed E-state index contributed by atoms with van der Waals surface area (Å²) >= 11 is 7.38. The second-order valence-corrected chi connectivity index (χ2v) is 8.22. The Morgan fingerprint density at radius 3 is 2.67 bits per heavy atom. The van der Waals surface area contributed by atoms with Crippen LogP contribution in [0.5, 0.6) is 0 Å². The fraction of sp³-hybridized carbons (Fsp3) is 0.667. The minimum Gasteiger partial charge on any atom is -0.372 e. The van der Waals surface area contributed by atoms with Crippen molar-refractivity contribution in [2.45, 2.75) is 63.1 Å². The Kier molecular flexibility index (Phi) is 5.45. The predicted molar refractivity (Wildman–Crippen MR) is 95.1 cm³/mol. The summed E-state index contributed by atoms with van der Waals surface area (Å²) in [5, 5.41) is 1.06. The Morgan fingerprint density at radius 1 is 1.19 bits per heavy atom. The van der Waals surface area contributed by atoms with E-state index in [2.05, 4.69) is 56.1 Å². The lowest BCUT2D eigenvalue weighted by molar-refractivity contribution is -0.0431. The molecule has 0 bridgehead atoms. The van der Waals surface area contributed by atoms with Gasteiger partial charge in [0.2, 0.25) is 0 Å². The lowest BCUT2D eigenvalue weighted by Crippen LogP contribution is -2.26. The largest absolute Gasteiger partial charge is 0.372 e. The third kappa shape index (κ3) is 3.92. The molecule has 1 nitrogen and oxygen atoms in total. The van der Waals surface area contributed by atoms with Crippen molar-refractivity contribution >= 4 is 31.9 Å². The molecule has 21 heavy (non-hydrogen) atoms. The van der Waals surface area contributed by atoms with Crippen molar-refractivity contribution in [2.75, 3.05) is 5.33 Å². The summed E-state index contributed by atoms with van der Waals surface area (Å²) in [6.45, 7) is 0. The molecule has 1 aromatic rings. The Bertz CT molecular complexity index is 468. The Balaban J connectivity index is 1.57. The van der Waals surface area contributed by atoms with Crippen LogP contribution in [-0.2, 0) is 11.2 Å². The van der Waals surface area contributed by atoms with Crippen molar-refractivity contribution in [1.82, 2.24) is 0 Å². The van der Waals surface area contributed by atoms with Gasteiger partial charge in [0.25, 0.3) is 0 Å². The van der Waals surface area contributed by atoms with Gasteiger partial charge >= 0.3 is 0 Å². The van der Waals surface area contributed by atoms with Crippen LogP contribution in [0, 0.1) is 5.92 Å². The Morgan fingerprint density at radius 2 is 1.95 bits per heavy atom. The fourth-order valence-corrected chi connectivity index (χ4v) is 4.94. The average Bonchev–Trinajstić information content (AvgIpc) is 3.11. The van der Waals surface area contributed by atoms with Crippen LogP contribution in [0.2, 0.25) is 0 Å². The van der Waals surface area contributed by atoms with Crippen LogP contribution in [-0.4, -0.2) is 17.0 Å². The molecule has 0 aromatic heterocycles. The molecule has 2 atom stereocenters. The lowest BCUT2D eigenvalue weighted by atomic mass is 9.93. The number of halogens is 2. The molecule has 1 saturated heterocycles. The van der Waals surface area contributed by atoms with Gasteiger partial charge in [-0.2, -0.15) is 0 Å². The second kappa shape index (κ2) is 7.14. The van der Waals surface area contributed by atoms with E-state index in [0.29, 0.717) is 12.0 Å². The molecule has 2 unspecified atom stereocenters. The van der Waals surface area contributed by atoms with Crippen molar-refractivity contribution < 1.29 is 4.74 Å². The zero-order chi connectivity index (χ0) is 14.7. The molecule has 1 heterocycles. The van der Waals surface area contributed by atoms with Crippen LogP contribution in [0.25, 0.3) is 0 Å². The molecular formula is C18H24Br2O. The predicted octanol–water partition coefficient (Wildman–Crippen LogP) is 5.88. The molecular weight excluding hydrogens is 392 g/mol. The van der Waals surface area contributed by atoms with Crippen molar-refractivity contribution in [3.05, 3.63) is 34.3 Å². The van der Waals surface area contributed by atoms with Gasteiger partial charge in [0.1, 0.15) is 0 Å². The van der Waals surface area contributed by atoms with E-state index in [0.717, 1.165) is 11.8 Å². The number of alkyl halides is 1. The van der Waals surface area contributed by atoms with Gasteiger partial charge in [-0.1, -0.05) is 62.9 Å². The molecule has 2 fully saturated rings. The summed E-state index contributed by atoms with van der Waals surface area (Å²) in [7, 11) is 0. The Hall–Kier alpha value is 0.140. The molecule has 1 aromatic carbocycles. The summed E-state index contributed by atoms with van der Waals surface area (Å²) in [5.41, 5.74) is 1.69. The van der Waals surface area contributed by atoms with Gasteiger partial charge in [0.05, 0.1) is 11.7 Å². The van der Waals surface area contributed by atoms with Crippen molar-refractivity contribution in [2.24, 2.45) is 5.92 Å². The Labute approximate surface area is 145 Å². The highest BCUT2D eigenvalue weighted by Crippen LogP contribution is 2.44. The van der Waals surface area contributed by atoms with Gasteiger partial charge in [-0.25, -0.2) is 0 Å². The molecule has 3 heteroatoms. The first-order valence-electron chi connectivity index (χ1n) is 8.18. The van der Waals surface area contributed by atoms with E-state index >= 15 is 0 Å². The number of ether oxygens (including phenoxy) is 1. The molecule has 1 aliphatic carbocycles. The van der Waals surface area contributed by atoms with Crippen LogP contribution >= 0.6 is 31.9 Å². The first kappa shape index (κ1) is 16.0. The topological polar surface area (TPSA) is 9.23 Å². The maximum atomic E-state index is 6.48. The van der Waals surface area contributed by atoms with Crippen LogP contribution in [0.4, 0.5) is 0 Å². The molecule has 1 aliphatic heterocycles. The van der Waals surface area contributed by atoms with E-state index in [1.165, 1.54) is 55.0 Å². The van der Waals surface area contributed by atoms with Crippen molar-refractivity contribution in [1.29, 1.82) is 0 Å². The van der Waals surface area contributed by atoms with E-state index < -0.39 is 0 Å². The third-order valence-corrected chi connectivity index (χ3v) is 6.82. The standard InChI is InChI=1S/C18H24Br2O/c19-13-14(11-15-5-1-2-6-17(15)20)12-16-7-10-18(21-16)8-3-4-9-18/h1-2,5-6,14,16H,3-4,7-13H2. The molecule has 116 valence electrons. The van der Waals surface area contributed by atoms with E-state index in [1.54, 1.807) is 0 Å². The monoisotopic (exact) mass is 414 g/mol. The minimum absolute atomic E-state index is 0.273. The third-order valence-electron chi connectivity index (χ3n) is 5.13. The molecule has 1 saturated carbocycles. The highest BCUT2D eigenvalue weighted by molar-refractivity contribution is 9.10. The van der Waals surface area contributed by atoms with Crippen LogP contribution < -0.4 is 0 Å². The van der Waals surface area contributed by atoms with Crippen molar-refractivity contribution in [3.8, 4) is 0 Å². The summed E-state index contributed by atoms with van der Waals surface area (Å²) < 4.78 is 7.71. The van der Waals surface area contributed by atoms with E-state index in [9.17, 15) is 0 Å². The number of rotatable bonds is 5. The van der Waals surface area contributed by atoms with Gasteiger partial charge in [-0.3, -0.25) is 0 Å². The number of hydrogen-bond acceptors (Lipinski definition) is 1. The first-order valence-corrected chi connectivity index (χ1v) is 10.1. The smallest absolute Gasteiger partial charge is 0.0687 e. The highest BCUT2D eigenvalue weighted by atomic mass is 79.9. The van der Waals surface area contributed by atoms with Crippen LogP contribution in [0.3, 0.4) is 0 Å². The maximum absolute atomic E-state index is 6.48. The summed E-state index contributed by atoms with van der Waals surface area (Å²) in [5.74, 6) is 0.658. The zero-order valence-electron chi connectivity index (χ0n) is 12.5. The fourth-order valence-electron chi connectivity index (χ4n) is 4.00. The van der Waals surface area contributed by atoms with E-state index in [1.807, 2.05) is 0 Å². The van der Waals surface area contributed by atoms with Gasteiger partial charge in [0.15, 0.2) is 0 Å². The summed E-state index contributed by atoms with van der Waals surface area (Å²) in [6, 6.07) is 8.58. The summed E-state index contributed by atoms with van der Waals surface area (Å²) in [6.07, 6.45) is 10.7. The quantitative estimate of drug-likeness (QED) is 0.545. The molecule has 0 N–H and O–H groups in total. The zero-order valence-corrected chi connectivity index (χ0v) is 15.7. The van der Waals surface area contributed by atoms with Gasteiger partial charge in [-0.05, 0) is 56.1 Å². The highest BCUT2D eigenvalue weighted by Gasteiger charge is 2.42. The SMILES string of the molecule is BrCC(Cc1ccccc1Br)CC1CCC2(CCCC2)O1. The van der Waals surface area contributed by atoms with Crippen LogP contribution in [0.1, 0.15) is 50.5 Å². The van der Waals surface area contributed by atoms with Crippen LogP contribution in [0.15, 0.2) is 28.7 Å². The van der Waals surface area contributed by atoms with Crippen molar-refractivity contribution in [3.63, 3.8) is 0 Å². The molecule has 0 amide bonds. The summed E-state index contributed by atoms with van der Waals surface area (Å²) in [4.78, 5) is 0. The average molecular weight is 416 g/mol. The maximum Gasteiger partial charge on any atom is 0.0687 e. The number of benzene rings is 1. The van der Waals surface area contributed by atoms with Gasteiger partial charge in [0, 0.05) is 9.80 Å². The van der Waals surface area contributed by atoms with E-state index in [4.69, 9.17) is 4.74 Å². The molecule has 0 radical (unpaired) electrons. The lowest BCUT2D eigenvalue weighted by Gasteiger charge is -2.25.